The lowest BCUT2D eigenvalue weighted by Gasteiger charge is -2.05. The number of esters is 1. The molecule has 140 valence electrons. The summed E-state index contributed by atoms with van der Waals surface area (Å²) in [6, 6.07) is 15.3. The Hall–Kier alpha value is -3.47. The molecule has 0 aliphatic heterocycles. The van der Waals surface area contributed by atoms with Crippen molar-refractivity contribution >= 4 is 5.97 Å². The van der Waals surface area contributed by atoms with Crippen molar-refractivity contribution in [2.75, 3.05) is 7.11 Å². The van der Waals surface area contributed by atoms with Crippen molar-refractivity contribution in [2.45, 2.75) is 13.8 Å². The number of hydrogen-bond donors (Lipinski definition) is 0. The second-order valence-electron chi connectivity index (χ2n) is 5.44. The van der Waals surface area contributed by atoms with Crippen LogP contribution < -0.4 is 9.47 Å². The molecule has 0 saturated heterocycles. The SMILES string of the molecule is C/C=C(\C)C(=O)O/C=C\Oc1ccc(-c2ccc(O/C=C\OC)cc2)cc1. The highest BCUT2D eigenvalue weighted by Crippen LogP contribution is 2.24. The number of carbonyl (C=O) groups excluding carboxylic acids is 1. The molecule has 0 aliphatic carbocycles. The summed E-state index contributed by atoms with van der Waals surface area (Å²) in [5, 5.41) is 0. The number of methoxy groups -OCH3 is 1. The molecule has 5 heteroatoms. The van der Waals surface area contributed by atoms with Crippen LogP contribution >= 0.6 is 0 Å². The van der Waals surface area contributed by atoms with Crippen molar-refractivity contribution in [1.29, 1.82) is 0 Å². The fourth-order valence-electron chi connectivity index (χ4n) is 2.02. The Morgan fingerprint density at radius 3 is 1.70 bits per heavy atom. The lowest BCUT2D eigenvalue weighted by Crippen LogP contribution is -2.00. The molecule has 0 atom stereocenters. The van der Waals surface area contributed by atoms with Crippen molar-refractivity contribution in [2.24, 2.45) is 0 Å². The fourth-order valence-corrected chi connectivity index (χ4v) is 2.02. The lowest BCUT2D eigenvalue weighted by atomic mass is 10.1. The first-order chi connectivity index (χ1) is 13.1. The zero-order chi connectivity index (χ0) is 19.5. The van der Waals surface area contributed by atoms with Gasteiger partial charge in [0.2, 0.25) is 0 Å². The molecule has 2 rings (SSSR count). The molecule has 0 aliphatic rings. The number of benzene rings is 2. The highest BCUT2D eigenvalue weighted by molar-refractivity contribution is 5.87. The van der Waals surface area contributed by atoms with E-state index in [-0.39, 0.29) is 0 Å². The molecule has 0 bridgehead atoms. The number of hydrogen-bond acceptors (Lipinski definition) is 5. The summed E-state index contributed by atoms with van der Waals surface area (Å²) in [4.78, 5) is 11.5. The summed E-state index contributed by atoms with van der Waals surface area (Å²) in [6.45, 7) is 3.46. The average molecular weight is 366 g/mol. The topological polar surface area (TPSA) is 54.0 Å². The number of carbonyl (C=O) groups is 1. The molecular formula is C22H22O5. The van der Waals surface area contributed by atoms with Gasteiger partial charge in [-0.25, -0.2) is 4.79 Å². The molecule has 5 nitrogen and oxygen atoms in total. The summed E-state index contributed by atoms with van der Waals surface area (Å²) >= 11 is 0. The molecule has 2 aromatic rings. The van der Waals surface area contributed by atoms with Gasteiger partial charge in [-0.1, -0.05) is 30.3 Å². The van der Waals surface area contributed by atoms with E-state index in [1.165, 1.54) is 25.0 Å². The molecule has 0 saturated carbocycles. The van der Waals surface area contributed by atoms with Gasteiger partial charge in [0, 0.05) is 5.57 Å². The average Bonchev–Trinajstić information content (AvgIpc) is 2.71. The quantitative estimate of drug-likeness (QED) is 0.365. The van der Waals surface area contributed by atoms with Gasteiger partial charge in [0.1, 0.15) is 36.5 Å². The standard InChI is InChI=1S/C22H22O5/c1-4-17(2)22(23)27-16-15-26-21-11-7-19(8-12-21)18-5-9-20(10-6-18)25-14-13-24-3/h4-16H,1-3H3/b14-13-,16-15-,17-4+. The first-order valence-electron chi connectivity index (χ1n) is 8.34. The number of ether oxygens (including phenoxy) is 4. The first-order valence-corrected chi connectivity index (χ1v) is 8.34. The van der Waals surface area contributed by atoms with Crippen LogP contribution in [0.3, 0.4) is 0 Å². The Labute approximate surface area is 159 Å². The van der Waals surface area contributed by atoms with Crippen LogP contribution in [-0.2, 0) is 14.3 Å². The molecule has 0 N–H and O–H groups in total. The van der Waals surface area contributed by atoms with Crippen molar-refractivity contribution in [1.82, 2.24) is 0 Å². The van der Waals surface area contributed by atoms with E-state index in [1.807, 2.05) is 48.5 Å². The van der Waals surface area contributed by atoms with Crippen LogP contribution in [0.5, 0.6) is 11.5 Å². The maximum Gasteiger partial charge on any atom is 0.338 e. The summed E-state index contributed by atoms with van der Waals surface area (Å²) < 4.78 is 20.5. The molecule has 27 heavy (non-hydrogen) atoms. The summed E-state index contributed by atoms with van der Waals surface area (Å²) in [6.07, 6.45) is 7.18. The summed E-state index contributed by atoms with van der Waals surface area (Å²) in [7, 11) is 1.56. The van der Waals surface area contributed by atoms with Gasteiger partial charge >= 0.3 is 5.97 Å². The Balaban J connectivity index is 1.91. The van der Waals surface area contributed by atoms with E-state index < -0.39 is 5.97 Å². The third-order valence-corrected chi connectivity index (χ3v) is 3.63. The van der Waals surface area contributed by atoms with E-state index in [1.54, 1.807) is 27.0 Å². The van der Waals surface area contributed by atoms with Crippen molar-refractivity contribution in [3.05, 3.63) is 85.2 Å². The van der Waals surface area contributed by atoms with Gasteiger partial charge in [-0.2, -0.15) is 0 Å². The molecule has 0 radical (unpaired) electrons. The van der Waals surface area contributed by atoms with Gasteiger partial charge < -0.3 is 18.9 Å². The second-order valence-corrected chi connectivity index (χ2v) is 5.44. The van der Waals surface area contributed by atoms with E-state index in [0.717, 1.165) is 16.9 Å². The molecular weight excluding hydrogens is 344 g/mol. The predicted molar refractivity (Wildman–Crippen MR) is 104 cm³/mol. The molecule has 2 aromatic carbocycles. The first kappa shape index (κ1) is 19.8. The van der Waals surface area contributed by atoms with E-state index in [0.29, 0.717) is 11.3 Å². The zero-order valence-electron chi connectivity index (χ0n) is 15.5. The predicted octanol–water partition coefficient (Wildman–Crippen LogP) is 5.21. The van der Waals surface area contributed by atoms with Crippen LogP contribution in [-0.4, -0.2) is 13.1 Å². The molecule has 0 amide bonds. The number of allylic oxidation sites excluding steroid dienone is 1. The summed E-state index contributed by atoms with van der Waals surface area (Å²) in [5.74, 6) is 0.955. The monoisotopic (exact) mass is 366 g/mol. The van der Waals surface area contributed by atoms with E-state index in [9.17, 15) is 4.79 Å². The van der Waals surface area contributed by atoms with Gasteiger partial charge in [-0.3, -0.25) is 0 Å². The Kier molecular flexibility index (Phi) is 7.72. The van der Waals surface area contributed by atoms with Crippen molar-refractivity contribution in [3.8, 4) is 22.6 Å². The highest BCUT2D eigenvalue weighted by atomic mass is 16.5. The minimum atomic E-state index is -0.405. The third kappa shape index (κ3) is 6.40. The van der Waals surface area contributed by atoms with E-state index >= 15 is 0 Å². The molecule has 0 fully saturated rings. The lowest BCUT2D eigenvalue weighted by molar-refractivity contribution is -0.133. The van der Waals surface area contributed by atoms with Crippen LogP contribution in [0.25, 0.3) is 11.1 Å². The maximum absolute atomic E-state index is 11.5. The maximum atomic E-state index is 11.5. The summed E-state index contributed by atoms with van der Waals surface area (Å²) in [5.41, 5.74) is 2.63. The van der Waals surface area contributed by atoms with Crippen LogP contribution in [0.4, 0.5) is 0 Å². The minimum absolute atomic E-state index is 0.405. The van der Waals surface area contributed by atoms with Crippen LogP contribution in [0.15, 0.2) is 85.2 Å². The van der Waals surface area contributed by atoms with Gasteiger partial charge in [-0.05, 0) is 49.2 Å². The Morgan fingerprint density at radius 2 is 1.26 bits per heavy atom. The third-order valence-electron chi connectivity index (χ3n) is 3.63. The normalized spacial score (nSPS) is 11.6. The van der Waals surface area contributed by atoms with Crippen molar-refractivity contribution < 1.29 is 23.7 Å². The Morgan fingerprint density at radius 1 is 0.778 bits per heavy atom. The molecule has 0 spiro atoms. The minimum Gasteiger partial charge on any atom is -0.501 e. The second kappa shape index (κ2) is 10.5. The van der Waals surface area contributed by atoms with Crippen LogP contribution in [0.2, 0.25) is 0 Å². The molecule has 0 heterocycles. The zero-order valence-corrected chi connectivity index (χ0v) is 15.5. The Bertz CT molecular complexity index is 815. The van der Waals surface area contributed by atoms with Gasteiger partial charge in [0.05, 0.1) is 7.11 Å². The smallest absolute Gasteiger partial charge is 0.338 e. The van der Waals surface area contributed by atoms with Crippen LogP contribution in [0.1, 0.15) is 13.8 Å². The van der Waals surface area contributed by atoms with Gasteiger partial charge in [0.25, 0.3) is 0 Å². The van der Waals surface area contributed by atoms with Crippen molar-refractivity contribution in [3.63, 3.8) is 0 Å². The fraction of sp³-hybridized carbons (Fsp3) is 0.136. The van der Waals surface area contributed by atoms with E-state index in [4.69, 9.17) is 18.9 Å². The van der Waals surface area contributed by atoms with E-state index in [2.05, 4.69) is 0 Å². The molecule has 0 unspecified atom stereocenters. The molecule has 0 aromatic heterocycles. The van der Waals surface area contributed by atoms with Gasteiger partial charge in [0.15, 0.2) is 0 Å². The highest BCUT2D eigenvalue weighted by Gasteiger charge is 2.02. The van der Waals surface area contributed by atoms with Crippen LogP contribution in [0, 0.1) is 0 Å². The number of rotatable bonds is 8. The van der Waals surface area contributed by atoms with Gasteiger partial charge in [-0.15, -0.1) is 0 Å². The largest absolute Gasteiger partial charge is 0.501 e.